The minimum Gasteiger partial charge on any atom is -0.492 e. The largest absolute Gasteiger partial charge is 0.492 e. The lowest BCUT2D eigenvalue weighted by Gasteiger charge is -1.96. The van der Waals surface area contributed by atoms with E-state index in [0.717, 1.165) is 22.3 Å². The molecule has 0 bridgehead atoms. The van der Waals surface area contributed by atoms with Crippen molar-refractivity contribution < 1.29 is 13.9 Å². The molecule has 1 heterocycles. The third kappa shape index (κ3) is 1.28. The highest BCUT2D eigenvalue weighted by atomic mass is 32.1. The Morgan fingerprint density at radius 3 is 2.93 bits per heavy atom. The maximum absolute atomic E-state index is 13.2. The van der Waals surface area contributed by atoms with Crippen LogP contribution in [0.4, 0.5) is 4.39 Å². The van der Waals surface area contributed by atoms with Gasteiger partial charge in [0.15, 0.2) is 5.75 Å². The predicted octanol–water partition coefficient (Wildman–Crippen LogP) is 2.86. The molecular formula is C10H7FO2S. The summed E-state index contributed by atoms with van der Waals surface area (Å²) in [5.41, 5.74) is 0.522. The van der Waals surface area contributed by atoms with Crippen LogP contribution in [0, 0.1) is 5.13 Å². The first kappa shape index (κ1) is 9.15. The Hall–Kier alpha value is -1.42. The van der Waals surface area contributed by atoms with Gasteiger partial charge >= 0.3 is 0 Å². The fourth-order valence-corrected chi connectivity index (χ4v) is 2.20. The van der Waals surface area contributed by atoms with Crippen molar-refractivity contribution in [3.63, 3.8) is 0 Å². The van der Waals surface area contributed by atoms with Crippen molar-refractivity contribution in [2.45, 2.75) is 0 Å². The van der Waals surface area contributed by atoms with Gasteiger partial charge in [-0.1, -0.05) is 6.07 Å². The van der Waals surface area contributed by atoms with Crippen LogP contribution in [0.25, 0.3) is 10.1 Å². The maximum atomic E-state index is 13.2. The van der Waals surface area contributed by atoms with Gasteiger partial charge in [0, 0.05) is 15.6 Å². The molecule has 1 aromatic carbocycles. The Bertz CT molecular complexity index is 490. The topological polar surface area (TPSA) is 26.3 Å². The molecule has 14 heavy (non-hydrogen) atoms. The number of carbonyl (C=O) groups excluding carboxylic acids is 1. The molecule has 0 saturated carbocycles. The SMILES string of the molecule is COc1c(F)sc2ccc(C=O)cc12. The van der Waals surface area contributed by atoms with E-state index in [9.17, 15) is 9.18 Å². The number of halogens is 1. The number of carbonyl (C=O) groups is 1. The van der Waals surface area contributed by atoms with Gasteiger partial charge in [-0.3, -0.25) is 4.79 Å². The lowest BCUT2D eigenvalue weighted by molar-refractivity contribution is 0.112. The smallest absolute Gasteiger partial charge is 0.219 e. The van der Waals surface area contributed by atoms with E-state index in [1.165, 1.54) is 7.11 Å². The van der Waals surface area contributed by atoms with E-state index in [1.807, 2.05) is 0 Å². The van der Waals surface area contributed by atoms with E-state index < -0.39 is 0 Å². The second kappa shape index (κ2) is 3.38. The van der Waals surface area contributed by atoms with Gasteiger partial charge in [-0.15, -0.1) is 11.3 Å². The summed E-state index contributed by atoms with van der Waals surface area (Å²) in [5.74, 6) is 0.216. The standard InChI is InChI=1S/C10H7FO2S/c1-13-9-7-4-6(5-12)2-3-8(7)14-10(9)11/h2-5H,1H3. The number of hydrogen-bond donors (Lipinski definition) is 0. The molecule has 0 radical (unpaired) electrons. The Labute approximate surface area is 83.9 Å². The van der Waals surface area contributed by atoms with Crippen LogP contribution in [0.1, 0.15) is 10.4 Å². The van der Waals surface area contributed by atoms with Gasteiger partial charge in [0.25, 0.3) is 0 Å². The van der Waals surface area contributed by atoms with Crippen LogP contribution >= 0.6 is 11.3 Å². The highest BCUT2D eigenvalue weighted by molar-refractivity contribution is 7.17. The van der Waals surface area contributed by atoms with Crippen molar-refractivity contribution in [3.8, 4) is 5.75 Å². The van der Waals surface area contributed by atoms with Gasteiger partial charge in [-0.05, 0) is 12.1 Å². The zero-order chi connectivity index (χ0) is 10.1. The normalized spacial score (nSPS) is 10.4. The van der Waals surface area contributed by atoms with E-state index >= 15 is 0 Å². The number of benzene rings is 1. The van der Waals surface area contributed by atoms with Crippen LogP contribution in [0.15, 0.2) is 18.2 Å². The zero-order valence-electron chi connectivity index (χ0n) is 7.41. The number of ether oxygens (including phenoxy) is 1. The molecule has 2 nitrogen and oxygen atoms in total. The molecule has 72 valence electrons. The lowest BCUT2D eigenvalue weighted by Crippen LogP contribution is -1.83. The van der Waals surface area contributed by atoms with Crippen molar-refractivity contribution in [1.29, 1.82) is 0 Å². The van der Waals surface area contributed by atoms with Crippen LogP contribution in [-0.4, -0.2) is 13.4 Å². The van der Waals surface area contributed by atoms with Crippen molar-refractivity contribution in [1.82, 2.24) is 0 Å². The monoisotopic (exact) mass is 210 g/mol. The molecule has 0 aliphatic heterocycles. The summed E-state index contributed by atoms with van der Waals surface area (Å²) in [4.78, 5) is 10.5. The van der Waals surface area contributed by atoms with Gasteiger partial charge in [-0.2, -0.15) is 4.39 Å². The number of fused-ring (bicyclic) bond motifs is 1. The second-order valence-corrected chi connectivity index (χ2v) is 3.78. The Balaban J connectivity index is 2.77. The molecule has 0 saturated heterocycles. The van der Waals surface area contributed by atoms with Crippen LogP contribution in [0.3, 0.4) is 0 Å². The van der Waals surface area contributed by atoms with Gasteiger partial charge < -0.3 is 4.74 Å². The zero-order valence-corrected chi connectivity index (χ0v) is 8.23. The molecule has 0 unspecified atom stereocenters. The van der Waals surface area contributed by atoms with Crippen LogP contribution in [0.2, 0.25) is 0 Å². The molecule has 4 heteroatoms. The fourth-order valence-electron chi connectivity index (χ4n) is 1.33. The minimum atomic E-state index is -0.356. The van der Waals surface area contributed by atoms with Crippen LogP contribution in [-0.2, 0) is 0 Å². The summed E-state index contributed by atoms with van der Waals surface area (Å²) < 4.78 is 18.9. The van der Waals surface area contributed by atoms with Crippen molar-refractivity contribution in [2.24, 2.45) is 0 Å². The summed E-state index contributed by atoms with van der Waals surface area (Å²) in [6, 6.07) is 5.00. The van der Waals surface area contributed by atoms with Gasteiger partial charge in [0.05, 0.1) is 7.11 Å². The highest BCUT2D eigenvalue weighted by Gasteiger charge is 2.12. The minimum absolute atomic E-state index is 0.216. The average Bonchev–Trinajstić information content (AvgIpc) is 2.52. The molecule has 1 aromatic heterocycles. The van der Waals surface area contributed by atoms with E-state index in [0.29, 0.717) is 10.9 Å². The molecule has 2 aromatic rings. The third-order valence-corrected chi connectivity index (χ3v) is 2.91. The molecule has 0 aliphatic carbocycles. The van der Waals surface area contributed by atoms with Crippen LogP contribution < -0.4 is 4.74 Å². The Kier molecular flexibility index (Phi) is 2.21. The summed E-state index contributed by atoms with van der Waals surface area (Å²) in [6.07, 6.45) is 0.731. The number of thiophene rings is 1. The highest BCUT2D eigenvalue weighted by Crippen LogP contribution is 2.36. The van der Waals surface area contributed by atoms with Crippen molar-refractivity contribution in [3.05, 3.63) is 28.9 Å². The molecule has 0 aliphatic rings. The molecule has 0 amide bonds. The first-order chi connectivity index (χ1) is 6.76. The first-order valence-electron chi connectivity index (χ1n) is 3.97. The van der Waals surface area contributed by atoms with Gasteiger partial charge in [0.1, 0.15) is 6.29 Å². The molecule has 0 atom stereocenters. The summed E-state index contributed by atoms with van der Waals surface area (Å²) in [6.45, 7) is 0. The predicted molar refractivity (Wildman–Crippen MR) is 53.7 cm³/mol. The molecule has 0 fully saturated rings. The van der Waals surface area contributed by atoms with Crippen molar-refractivity contribution in [2.75, 3.05) is 7.11 Å². The Morgan fingerprint density at radius 2 is 2.29 bits per heavy atom. The van der Waals surface area contributed by atoms with Gasteiger partial charge in [0.2, 0.25) is 5.13 Å². The number of rotatable bonds is 2. The van der Waals surface area contributed by atoms with Crippen molar-refractivity contribution >= 4 is 27.7 Å². The summed E-state index contributed by atoms with van der Waals surface area (Å²) in [5, 5.41) is 0.296. The third-order valence-electron chi connectivity index (χ3n) is 1.97. The lowest BCUT2D eigenvalue weighted by atomic mass is 10.2. The van der Waals surface area contributed by atoms with E-state index in [1.54, 1.807) is 18.2 Å². The molecule has 2 rings (SSSR count). The molecular weight excluding hydrogens is 203 g/mol. The number of hydrogen-bond acceptors (Lipinski definition) is 3. The molecule has 0 N–H and O–H groups in total. The van der Waals surface area contributed by atoms with E-state index in [2.05, 4.69) is 0 Å². The second-order valence-electron chi connectivity index (χ2n) is 2.78. The van der Waals surface area contributed by atoms with E-state index in [-0.39, 0.29) is 10.9 Å². The number of methoxy groups -OCH3 is 1. The summed E-state index contributed by atoms with van der Waals surface area (Å²) in [7, 11) is 1.41. The quantitative estimate of drug-likeness (QED) is 0.712. The maximum Gasteiger partial charge on any atom is 0.219 e. The molecule has 0 spiro atoms. The van der Waals surface area contributed by atoms with E-state index in [4.69, 9.17) is 4.74 Å². The summed E-state index contributed by atoms with van der Waals surface area (Å²) >= 11 is 1.01. The first-order valence-corrected chi connectivity index (χ1v) is 4.79. The number of aldehydes is 1. The van der Waals surface area contributed by atoms with Crippen LogP contribution in [0.5, 0.6) is 5.75 Å². The fraction of sp³-hybridized carbons (Fsp3) is 0.100. The Morgan fingerprint density at radius 1 is 1.50 bits per heavy atom. The average molecular weight is 210 g/mol. The van der Waals surface area contributed by atoms with Gasteiger partial charge in [-0.25, -0.2) is 0 Å².